The molecule has 0 fully saturated rings. The van der Waals surface area contributed by atoms with Crippen molar-refractivity contribution in [3.8, 4) is 0 Å². The van der Waals surface area contributed by atoms with Gasteiger partial charge < -0.3 is 9.84 Å². The second-order valence-corrected chi connectivity index (χ2v) is 2.14. The minimum Gasteiger partial charge on any atom is -0.512 e. The van der Waals surface area contributed by atoms with Crippen LogP contribution in [-0.2, 0) is 26.6 Å². The Hall–Kier alpha value is -0.471. The summed E-state index contributed by atoms with van der Waals surface area (Å²) in [6.07, 6.45) is 2.47. The van der Waals surface area contributed by atoms with Gasteiger partial charge in [-0.3, -0.25) is 0 Å². The van der Waals surface area contributed by atoms with Crippen LogP contribution < -0.4 is 0 Å². The van der Waals surface area contributed by atoms with E-state index in [4.69, 9.17) is 5.11 Å². The summed E-state index contributed by atoms with van der Waals surface area (Å²) in [5.74, 6) is -0.385. The van der Waals surface area contributed by atoms with Gasteiger partial charge in [0, 0.05) is 23.5 Å². The van der Waals surface area contributed by atoms with Crippen LogP contribution in [0.5, 0.6) is 0 Å². The third-order valence-electron chi connectivity index (χ3n) is 1.08. The number of hydrogen-bond donors (Lipinski definition) is 1. The Bertz CT molecular complexity index is 154. The van der Waals surface area contributed by atoms with Gasteiger partial charge in [0.05, 0.1) is 18.4 Å². The molecule has 0 aliphatic carbocycles. The van der Waals surface area contributed by atoms with Crippen molar-refractivity contribution in [3.05, 3.63) is 11.8 Å². The molecule has 0 spiro atoms. The summed E-state index contributed by atoms with van der Waals surface area (Å²) in [4.78, 5) is 10.7. The molecule has 1 radical (unpaired) electrons. The van der Waals surface area contributed by atoms with Crippen molar-refractivity contribution in [2.45, 2.75) is 26.7 Å². The zero-order chi connectivity index (χ0) is 8.69. The van der Waals surface area contributed by atoms with E-state index in [0.717, 1.165) is 12.5 Å². The van der Waals surface area contributed by atoms with Gasteiger partial charge in [0.2, 0.25) is 0 Å². The maximum absolute atomic E-state index is 10.7. The smallest absolute Gasteiger partial charge is 0.334 e. The molecule has 0 aliphatic rings. The van der Waals surface area contributed by atoms with E-state index < -0.39 is 5.97 Å². The van der Waals surface area contributed by atoms with E-state index in [0.29, 0.717) is 13.0 Å². The van der Waals surface area contributed by atoms with Crippen LogP contribution in [0.25, 0.3) is 0 Å². The summed E-state index contributed by atoms with van der Waals surface area (Å²) >= 11 is 0. The van der Waals surface area contributed by atoms with Crippen LogP contribution in [0.15, 0.2) is 11.8 Å². The van der Waals surface area contributed by atoms with Crippen LogP contribution >= 0.6 is 0 Å². The summed E-state index contributed by atoms with van der Waals surface area (Å²) in [6, 6.07) is 0. The van der Waals surface area contributed by atoms with Crippen LogP contribution in [0.1, 0.15) is 26.7 Å². The zero-order valence-electron chi connectivity index (χ0n) is 7.26. The minimum absolute atomic E-state index is 0. The van der Waals surface area contributed by atoms with E-state index in [1.165, 1.54) is 0 Å². The molecular weight excluding hydrogens is 208 g/mol. The molecular formula is C8H14CuO3. The number of hydrogen-bond acceptors (Lipinski definition) is 3. The molecule has 0 aromatic rings. The van der Waals surface area contributed by atoms with Gasteiger partial charge in [-0.05, 0) is 13.3 Å². The number of esters is 1. The molecule has 0 aromatic heterocycles. The van der Waals surface area contributed by atoms with Crippen molar-refractivity contribution < 1.29 is 31.7 Å². The van der Waals surface area contributed by atoms with Crippen LogP contribution in [0, 0.1) is 0 Å². The van der Waals surface area contributed by atoms with Crippen LogP contribution in [0.4, 0.5) is 0 Å². The van der Waals surface area contributed by atoms with Gasteiger partial charge in [-0.1, -0.05) is 6.92 Å². The third kappa shape index (κ3) is 7.63. The molecule has 0 heterocycles. The molecule has 0 unspecified atom stereocenters. The molecule has 0 saturated carbocycles. The zero-order valence-corrected chi connectivity index (χ0v) is 8.21. The van der Waals surface area contributed by atoms with Crippen LogP contribution in [-0.4, -0.2) is 17.7 Å². The maximum atomic E-state index is 10.7. The van der Waals surface area contributed by atoms with Crippen molar-refractivity contribution in [1.82, 2.24) is 0 Å². The molecule has 0 rings (SSSR count). The molecule has 12 heavy (non-hydrogen) atoms. The fourth-order valence-electron chi connectivity index (χ4n) is 0.648. The monoisotopic (exact) mass is 221 g/mol. The SMILES string of the molecule is CCC/C(O)=C/C(=O)OCC.[Cu]. The molecule has 0 amide bonds. The van der Waals surface area contributed by atoms with Crippen LogP contribution in [0.2, 0.25) is 0 Å². The number of carbonyl (C=O) groups is 1. The topological polar surface area (TPSA) is 46.5 Å². The Balaban J connectivity index is 0. The van der Waals surface area contributed by atoms with Crippen molar-refractivity contribution in [1.29, 1.82) is 0 Å². The Kier molecular flexibility index (Phi) is 10.1. The quantitative estimate of drug-likeness (QED) is 0.341. The van der Waals surface area contributed by atoms with Gasteiger partial charge >= 0.3 is 5.97 Å². The number of allylic oxidation sites excluding steroid dienone is 1. The molecule has 0 bridgehead atoms. The summed E-state index contributed by atoms with van der Waals surface area (Å²) in [5, 5.41) is 9.01. The van der Waals surface area contributed by atoms with Crippen molar-refractivity contribution in [3.63, 3.8) is 0 Å². The minimum atomic E-state index is -0.474. The summed E-state index contributed by atoms with van der Waals surface area (Å²) in [7, 11) is 0. The summed E-state index contributed by atoms with van der Waals surface area (Å²) in [6.45, 7) is 3.99. The predicted octanol–water partition coefficient (Wildman–Crippen LogP) is 1.79. The van der Waals surface area contributed by atoms with Gasteiger partial charge in [-0.2, -0.15) is 0 Å². The van der Waals surface area contributed by atoms with Crippen molar-refractivity contribution >= 4 is 5.97 Å². The molecule has 0 atom stereocenters. The Labute approximate surface area is 83.3 Å². The molecule has 75 valence electrons. The first-order valence-corrected chi connectivity index (χ1v) is 3.77. The predicted molar refractivity (Wildman–Crippen MR) is 42.3 cm³/mol. The molecule has 0 aliphatic heterocycles. The summed E-state index contributed by atoms with van der Waals surface area (Å²) in [5.41, 5.74) is 0. The second kappa shape index (κ2) is 8.62. The van der Waals surface area contributed by atoms with Gasteiger partial charge in [-0.25, -0.2) is 4.79 Å². The van der Waals surface area contributed by atoms with Gasteiger partial charge in [0.15, 0.2) is 0 Å². The second-order valence-electron chi connectivity index (χ2n) is 2.14. The molecule has 3 nitrogen and oxygen atoms in total. The van der Waals surface area contributed by atoms with E-state index in [1.54, 1.807) is 6.92 Å². The number of aliphatic hydroxyl groups is 1. The first kappa shape index (κ1) is 14.1. The number of aliphatic hydroxyl groups excluding tert-OH is 1. The maximum Gasteiger partial charge on any atom is 0.334 e. The van der Waals surface area contributed by atoms with E-state index in [9.17, 15) is 4.79 Å². The third-order valence-corrected chi connectivity index (χ3v) is 1.08. The normalized spacial score (nSPS) is 10.3. The number of carbonyl (C=O) groups excluding carboxylic acids is 1. The number of rotatable bonds is 4. The summed E-state index contributed by atoms with van der Waals surface area (Å²) < 4.78 is 4.58. The average molecular weight is 222 g/mol. The number of ether oxygens (including phenoxy) is 1. The first-order valence-electron chi connectivity index (χ1n) is 3.77. The Morgan fingerprint density at radius 3 is 2.50 bits per heavy atom. The Morgan fingerprint density at radius 1 is 1.50 bits per heavy atom. The standard InChI is InChI=1S/C8H14O3.Cu/c1-3-5-7(9)6-8(10)11-4-2;/h6,9H,3-5H2,1-2H3;/b7-6-;. The average Bonchev–Trinajstić information content (AvgIpc) is 1.87. The van der Waals surface area contributed by atoms with E-state index in [-0.39, 0.29) is 22.8 Å². The molecule has 4 heteroatoms. The van der Waals surface area contributed by atoms with Gasteiger partial charge in [0.25, 0.3) is 0 Å². The van der Waals surface area contributed by atoms with Gasteiger partial charge in [-0.15, -0.1) is 0 Å². The van der Waals surface area contributed by atoms with E-state index in [2.05, 4.69) is 4.74 Å². The van der Waals surface area contributed by atoms with Crippen LogP contribution in [0.3, 0.4) is 0 Å². The largest absolute Gasteiger partial charge is 0.512 e. The molecule has 0 saturated heterocycles. The molecule has 1 N–H and O–H groups in total. The van der Waals surface area contributed by atoms with Crippen molar-refractivity contribution in [2.24, 2.45) is 0 Å². The van der Waals surface area contributed by atoms with Crippen molar-refractivity contribution in [2.75, 3.05) is 6.61 Å². The Morgan fingerprint density at radius 2 is 2.08 bits per heavy atom. The van der Waals surface area contributed by atoms with Gasteiger partial charge in [0.1, 0.15) is 0 Å². The van der Waals surface area contributed by atoms with E-state index >= 15 is 0 Å². The van der Waals surface area contributed by atoms with E-state index in [1.807, 2.05) is 6.92 Å². The fraction of sp³-hybridized carbons (Fsp3) is 0.625. The fourth-order valence-corrected chi connectivity index (χ4v) is 0.648. The first-order chi connectivity index (χ1) is 5.20. The molecule has 0 aromatic carbocycles.